The van der Waals surface area contributed by atoms with Crippen molar-refractivity contribution in [2.45, 2.75) is 46.3 Å². The Balaban J connectivity index is 1.88. The second-order valence-corrected chi connectivity index (χ2v) is 7.69. The maximum Gasteiger partial charge on any atom is 0.433 e. The maximum atomic E-state index is 13.6. The molecule has 29 heavy (non-hydrogen) atoms. The van der Waals surface area contributed by atoms with Gasteiger partial charge in [-0.1, -0.05) is 0 Å². The Hall–Kier alpha value is -3.17. The number of nitrogens with one attached hydrogen (secondary N) is 1. The molecular weight excluding hydrogens is 385 g/mol. The van der Waals surface area contributed by atoms with Gasteiger partial charge in [0.25, 0.3) is 5.91 Å². The zero-order valence-corrected chi connectivity index (χ0v) is 16.7. The largest absolute Gasteiger partial charge is 0.433 e. The number of aryl methyl sites for hydroxylation is 2. The fourth-order valence-electron chi connectivity index (χ4n) is 2.94. The molecule has 0 saturated carbocycles. The van der Waals surface area contributed by atoms with Gasteiger partial charge in [0.2, 0.25) is 0 Å². The highest BCUT2D eigenvalue weighted by atomic mass is 19.4. The van der Waals surface area contributed by atoms with Crippen LogP contribution in [0.3, 0.4) is 0 Å². The lowest BCUT2D eigenvalue weighted by molar-refractivity contribution is -0.146. The van der Waals surface area contributed by atoms with Gasteiger partial charge in [-0.3, -0.25) is 9.48 Å². The van der Waals surface area contributed by atoms with Crippen LogP contribution >= 0.6 is 0 Å². The Bertz CT molecular complexity index is 1040. The summed E-state index contributed by atoms with van der Waals surface area (Å²) in [6.07, 6.45) is -2.43. The van der Waals surface area contributed by atoms with Crippen molar-refractivity contribution in [2.24, 2.45) is 0 Å². The van der Waals surface area contributed by atoms with Crippen LogP contribution < -0.4 is 5.32 Å². The second-order valence-electron chi connectivity index (χ2n) is 7.69. The van der Waals surface area contributed by atoms with E-state index in [1.165, 1.54) is 6.20 Å². The van der Waals surface area contributed by atoms with Gasteiger partial charge in [-0.15, -0.1) is 0 Å². The SMILES string of the molecule is Cc1cc(C)n(-c2ccc(NC(=O)c3cnn(C(C)(C)C)c3C(F)(F)F)cn2)n1. The first-order valence-corrected chi connectivity index (χ1v) is 8.84. The Morgan fingerprint density at radius 2 is 1.79 bits per heavy atom. The number of hydrogen-bond acceptors (Lipinski definition) is 4. The minimum Gasteiger partial charge on any atom is -0.320 e. The molecule has 0 aliphatic rings. The van der Waals surface area contributed by atoms with Crippen LogP contribution in [-0.2, 0) is 11.7 Å². The summed E-state index contributed by atoms with van der Waals surface area (Å²) in [5.41, 5.74) is -0.595. The Kier molecular flexibility index (Phi) is 4.97. The summed E-state index contributed by atoms with van der Waals surface area (Å²) in [5.74, 6) is -0.376. The number of carbonyl (C=O) groups is 1. The normalized spacial score (nSPS) is 12.3. The lowest BCUT2D eigenvalue weighted by atomic mass is 10.1. The van der Waals surface area contributed by atoms with Gasteiger partial charge in [-0.25, -0.2) is 9.67 Å². The number of carbonyl (C=O) groups excluding carboxylic acids is 1. The van der Waals surface area contributed by atoms with Crippen LogP contribution in [0.1, 0.15) is 48.2 Å². The average molecular weight is 406 g/mol. The van der Waals surface area contributed by atoms with E-state index in [9.17, 15) is 18.0 Å². The van der Waals surface area contributed by atoms with Crippen LogP contribution in [0.4, 0.5) is 18.9 Å². The maximum absolute atomic E-state index is 13.6. The van der Waals surface area contributed by atoms with Crippen molar-refractivity contribution in [2.75, 3.05) is 5.32 Å². The first kappa shape index (κ1) is 20.6. The molecule has 3 aromatic rings. The molecule has 0 unspecified atom stereocenters. The number of anilines is 1. The van der Waals surface area contributed by atoms with Crippen molar-refractivity contribution in [1.29, 1.82) is 0 Å². The van der Waals surface area contributed by atoms with E-state index in [2.05, 4.69) is 20.5 Å². The van der Waals surface area contributed by atoms with Gasteiger partial charge in [-0.05, 0) is 52.8 Å². The predicted molar refractivity (Wildman–Crippen MR) is 101 cm³/mol. The number of hydrogen-bond donors (Lipinski definition) is 1. The fraction of sp³-hybridized carbons (Fsp3) is 0.368. The molecule has 3 aromatic heterocycles. The molecule has 0 saturated heterocycles. The topological polar surface area (TPSA) is 77.6 Å². The number of amides is 1. The van der Waals surface area contributed by atoms with Crippen molar-refractivity contribution in [3.8, 4) is 5.82 Å². The summed E-state index contributed by atoms with van der Waals surface area (Å²) in [4.78, 5) is 16.8. The Labute approximate surface area is 165 Å². The number of aromatic nitrogens is 5. The van der Waals surface area contributed by atoms with Gasteiger partial charge in [0.1, 0.15) is 0 Å². The summed E-state index contributed by atoms with van der Waals surface area (Å²) in [7, 11) is 0. The Morgan fingerprint density at radius 1 is 1.10 bits per heavy atom. The Morgan fingerprint density at radius 3 is 2.28 bits per heavy atom. The molecule has 154 valence electrons. The van der Waals surface area contributed by atoms with Crippen molar-refractivity contribution in [3.05, 3.63) is 53.2 Å². The lowest BCUT2D eigenvalue weighted by Gasteiger charge is -2.23. The molecule has 3 heterocycles. The summed E-state index contributed by atoms with van der Waals surface area (Å²) in [6.45, 7) is 8.48. The van der Waals surface area contributed by atoms with E-state index in [1.54, 1.807) is 37.6 Å². The molecule has 7 nitrogen and oxygen atoms in total. The minimum absolute atomic E-state index is 0.261. The van der Waals surface area contributed by atoms with E-state index in [4.69, 9.17) is 0 Å². The van der Waals surface area contributed by atoms with Gasteiger partial charge in [0, 0.05) is 5.69 Å². The zero-order valence-electron chi connectivity index (χ0n) is 16.7. The van der Waals surface area contributed by atoms with Crippen LogP contribution in [-0.4, -0.2) is 30.5 Å². The zero-order chi connectivity index (χ0) is 21.6. The molecule has 1 N–H and O–H groups in total. The number of alkyl halides is 3. The van der Waals surface area contributed by atoms with Crippen molar-refractivity contribution in [3.63, 3.8) is 0 Å². The third-order valence-electron chi connectivity index (χ3n) is 4.15. The first-order valence-electron chi connectivity index (χ1n) is 8.84. The van der Waals surface area contributed by atoms with Gasteiger partial charge in [-0.2, -0.15) is 23.4 Å². The van der Waals surface area contributed by atoms with Gasteiger partial charge >= 0.3 is 6.18 Å². The highest BCUT2D eigenvalue weighted by Crippen LogP contribution is 2.35. The predicted octanol–water partition coefficient (Wildman–Crippen LogP) is 4.11. The molecule has 3 rings (SSSR count). The van der Waals surface area contributed by atoms with E-state index in [0.717, 1.165) is 22.3 Å². The number of pyridine rings is 1. The quantitative estimate of drug-likeness (QED) is 0.710. The second kappa shape index (κ2) is 7.02. The monoisotopic (exact) mass is 406 g/mol. The van der Waals surface area contributed by atoms with Crippen LogP contribution in [0.5, 0.6) is 0 Å². The third-order valence-corrected chi connectivity index (χ3v) is 4.15. The molecular formula is C19H21F3N6O. The summed E-state index contributed by atoms with van der Waals surface area (Å²) >= 11 is 0. The molecule has 0 aliphatic heterocycles. The molecule has 0 spiro atoms. The highest BCUT2D eigenvalue weighted by Gasteiger charge is 2.42. The molecule has 0 atom stereocenters. The van der Waals surface area contributed by atoms with E-state index in [1.807, 2.05) is 19.9 Å². The van der Waals surface area contributed by atoms with E-state index >= 15 is 0 Å². The van der Waals surface area contributed by atoms with Crippen LogP contribution in [0.2, 0.25) is 0 Å². The van der Waals surface area contributed by atoms with E-state index in [-0.39, 0.29) is 5.69 Å². The summed E-state index contributed by atoms with van der Waals surface area (Å²) < 4.78 is 43.2. The molecule has 0 aliphatic carbocycles. The molecule has 0 aromatic carbocycles. The van der Waals surface area contributed by atoms with Crippen molar-refractivity contribution < 1.29 is 18.0 Å². The molecule has 1 amide bonds. The molecule has 0 bridgehead atoms. The summed E-state index contributed by atoms with van der Waals surface area (Å²) in [6, 6.07) is 5.07. The van der Waals surface area contributed by atoms with Gasteiger partial charge < -0.3 is 5.32 Å². The van der Waals surface area contributed by atoms with Crippen molar-refractivity contribution >= 4 is 11.6 Å². The van der Waals surface area contributed by atoms with Crippen LogP contribution in [0.15, 0.2) is 30.6 Å². The number of halogens is 3. The lowest BCUT2D eigenvalue weighted by Crippen LogP contribution is -2.30. The number of nitrogens with zero attached hydrogens (tertiary/aromatic N) is 5. The molecule has 0 radical (unpaired) electrons. The van der Waals surface area contributed by atoms with E-state index < -0.39 is 28.9 Å². The minimum atomic E-state index is -4.73. The third kappa shape index (κ3) is 4.15. The van der Waals surface area contributed by atoms with Crippen molar-refractivity contribution in [1.82, 2.24) is 24.5 Å². The van der Waals surface area contributed by atoms with Crippen LogP contribution in [0.25, 0.3) is 5.82 Å². The fourth-order valence-corrected chi connectivity index (χ4v) is 2.94. The average Bonchev–Trinajstić information content (AvgIpc) is 3.18. The molecule has 0 fully saturated rings. The smallest absolute Gasteiger partial charge is 0.320 e. The molecule has 10 heteroatoms. The van der Waals surface area contributed by atoms with Crippen LogP contribution in [0, 0.1) is 13.8 Å². The summed E-state index contributed by atoms with van der Waals surface area (Å²) in [5, 5.41) is 10.6. The first-order chi connectivity index (χ1) is 13.4. The van der Waals surface area contributed by atoms with Gasteiger partial charge in [0.15, 0.2) is 11.5 Å². The van der Waals surface area contributed by atoms with Gasteiger partial charge in [0.05, 0.1) is 34.9 Å². The number of rotatable bonds is 3. The highest BCUT2D eigenvalue weighted by molar-refractivity contribution is 6.05. The van der Waals surface area contributed by atoms with E-state index in [0.29, 0.717) is 5.82 Å². The standard InChI is InChI=1S/C19H21F3N6O/c1-11-8-12(2)27(26-11)15-7-6-13(9-23-15)25-17(29)14-10-24-28(18(3,4)5)16(14)19(20,21)22/h6-10H,1-5H3,(H,25,29).